The molecule has 0 spiro atoms. The van der Waals surface area contributed by atoms with E-state index in [1.54, 1.807) is 13.2 Å². The maximum Gasteiger partial charge on any atom is 0.240 e. The Bertz CT molecular complexity index is 489. The van der Waals surface area contributed by atoms with Crippen LogP contribution in [0, 0.1) is 0 Å². The summed E-state index contributed by atoms with van der Waals surface area (Å²) in [4.78, 5) is 12.4. The van der Waals surface area contributed by atoms with Crippen molar-refractivity contribution >= 4 is 29.9 Å². The minimum Gasteiger partial charge on any atom is -0.496 e. The fraction of sp³-hybridized carbons (Fsp3) is 0.533. The van der Waals surface area contributed by atoms with E-state index in [9.17, 15) is 4.79 Å². The molecule has 0 aromatic heterocycles. The van der Waals surface area contributed by atoms with Crippen LogP contribution in [0.25, 0.3) is 0 Å². The molecule has 1 unspecified atom stereocenters. The lowest BCUT2D eigenvalue weighted by Gasteiger charge is -2.27. The second kappa shape index (κ2) is 7.87. The quantitative estimate of drug-likeness (QED) is 0.871. The summed E-state index contributed by atoms with van der Waals surface area (Å²) in [6, 6.07) is 5.48. The summed E-state index contributed by atoms with van der Waals surface area (Å²) < 4.78 is 5.28. The lowest BCUT2D eigenvalue weighted by atomic mass is 9.93. The zero-order valence-corrected chi connectivity index (χ0v) is 13.9. The number of carbonyl (C=O) groups is 1. The van der Waals surface area contributed by atoms with E-state index in [1.165, 1.54) is 0 Å². The van der Waals surface area contributed by atoms with Gasteiger partial charge in [0.2, 0.25) is 5.91 Å². The molecule has 0 radical (unpaired) electrons. The zero-order chi connectivity index (χ0) is 14.6. The minimum absolute atomic E-state index is 0. The SMILES string of the molecule is CCC1(C(=O)NCc2c(Cl)cccc2OC)CCCN1.Cl. The van der Waals surface area contributed by atoms with Gasteiger partial charge in [-0.15, -0.1) is 12.4 Å². The molecular formula is C15H22Cl2N2O2. The minimum atomic E-state index is -0.422. The van der Waals surface area contributed by atoms with E-state index in [4.69, 9.17) is 16.3 Å². The largest absolute Gasteiger partial charge is 0.496 e. The van der Waals surface area contributed by atoms with E-state index in [0.29, 0.717) is 17.3 Å². The molecule has 4 nitrogen and oxygen atoms in total. The third-order valence-corrected chi connectivity index (χ3v) is 4.36. The Balaban J connectivity index is 0.00000220. The van der Waals surface area contributed by atoms with E-state index in [1.807, 2.05) is 19.1 Å². The first-order chi connectivity index (χ1) is 9.63. The van der Waals surface area contributed by atoms with Gasteiger partial charge in [0, 0.05) is 17.1 Å². The van der Waals surface area contributed by atoms with Gasteiger partial charge in [0.25, 0.3) is 0 Å². The molecule has 1 fully saturated rings. The fourth-order valence-corrected chi connectivity index (χ4v) is 2.93. The van der Waals surface area contributed by atoms with E-state index in [2.05, 4.69) is 10.6 Å². The monoisotopic (exact) mass is 332 g/mol. The highest BCUT2D eigenvalue weighted by atomic mass is 35.5. The number of carbonyl (C=O) groups excluding carboxylic acids is 1. The third kappa shape index (κ3) is 3.82. The average molecular weight is 333 g/mol. The van der Waals surface area contributed by atoms with E-state index < -0.39 is 5.54 Å². The van der Waals surface area contributed by atoms with Crippen molar-refractivity contribution in [2.24, 2.45) is 0 Å². The number of halogens is 2. The summed E-state index contributed by atoms with van der Waals surface area (Å²) in [6.07, 6.45) is 2.71. The summed E-state index contributed by atoms with van der Waals surface area (Å²) in [7, 11) is 1.60. The molecule has 0 saturated carbocycles. The molecule has 2 rings (SSSR count). The van der Waals surface area contributed by atoms with Crippen molar-refractivity contribution in [2.45, 2.75) is 38.3 Å². The van der Waals surface area contributed by atoms with Crippen LogP contribution in [0.4, 0.5) is 0 Å². The van der Waals surface area contributed by atoms with Gasteiger partial charge in [0.15, 0.2) is 0 Å². The number of amides is 1. The molecule has 1 aromatic carbocycles. The van der Waals surface area contributed by atoms with Gasteiger partial charge in [-0.05, 0) is 37.9 Å². The predicted octanol–water partition coefficient (Wildman–Crippen LogP) is 2.92. The first-order valence-electron chi connectivity index (χ1n) is 6.97. The average Bonchev–Trinajstić information content (AvgIpc) is 2.95. The van der Waals surface area contributed by atoms with Crippen LogP contribution in [0.2, 0.25) is 5.02 Å². The van der Waals surface area contributed by atoms with Crippen LogP contribution in [0.3, 0.4) is 0 Å². The van der Waals surface area contributed by atoms with Gasteiger partial charge in [-0.1, -0.05) is 24.6 Å². The Labute approximate surface area is 137 Å². The molecule has 21 heavy (non-hydrogen) atoms. The number of methoxy groups -OCH3 is 1. The highest BCUT2D eigenvalue weighted by Crippen LogP contribution is 2.27. The normalized spacial score (nSPS) is 20.7. The fourth-order valence-electron chi connectivity index (χ4n) is 2.70. The predicted molar refractivity (Wildman–Crippen MR) is 87.4 cm³/mol. The summed E-state index contributed by atoms with van der Waals surface area (Å²) in [5.74, 6) is 0.738. The first-order valence-corrected chi connectivity index (χ1v) is 7.35. The molecule has 1 aliphatic heterocycles. The molecule has 1 aliphatic rings. The third-order valence-electron chi connectivity index (χ3n) is 4.00. The molecule has 0 aliphatic carbocycles. The van der Waals surface area contributed by atoms with Gasteiger partial charge in [0.05, 0.1) is 12.6 Å². The van der Waals surface area contributed by atoms with Crippen molar-refractivity contribution in [3.05, 3.63) is 28.8 Å². The van der Waals surface area contributed by atoms with Crippen molar-refractivity contribution < 1.29 is 9.53 Å². The molecule has 118 valence electrons. The Kier molecular flexibility index (Phi) is 6.78. The Morgan fingerprint density at radius 1 is 1.52 bits per heavy atom. The van der Waals surface area contributed by atoms with Crippen molar-refractivity contribution in [3.8, 4) is 5.75 Å². The zero-order valence-electron chi connectivity index (χ0n) is 12.4. The van der Waals surface area contributed by atoms with Gasteiger partial charge >= 0.3 is 0 Å². The number of nitrogens with one attached hydrogen (secondary N) is 2. The van der Waals surface area contributed by atoms with Crippen LogP contribution in [0.15, 0.2) is 18.2 Å². The van der Waals surface area contributed by atoms with Crippen molar-refractivity contribution in [1.82, 2.24) is 10.6 Å². The number of hydrogen-bond acceptors (Lipinski definition) is 3. The van der Waals surface area contributed by atoms with Crippen LogP contribution in [0.1, 0.15) is 31.7 Å². The molecule has 1 heterocycles. The summed E-state index contributed by atoms with van der Waals surface area (Å²) in [5, 5.41) is 6.91. The standard InChI is InChI=1S/C15H21ClN2O2.ClH/c1-3-15(8-5-9-18-15)14(19)17-10-11-12(16)6-4-7-13(11)20-2;/h4,6-7,18H,3,5,8-10H2,1-2H3,(H,17,19);1H. The van der Waals surface area contributed by atoms with Gasteiger partial charge in [-0.2, -0.15) is 0 Å². The Morgan fingerprint density at radius 3 is 2.86 bits per heavy atom. The molecule has 1 amide bonds. The van der Waals surface area contributed by atoms with Crippen LogP contribution < -0.4 is 15.4 Å². The number of benzene rings is 1. The highest BCUT2D eigenvalue weighted by molar-refractivity contribution is 6.31. The van der Waals surface area contributed by atoms with E-state index in [-0.39, 0.29) is 18.3 Å². The van der Waals surface area contributed by atoms with Crippen molar-refractivity contribution in [3.63, 3.8) is 0 Å². The lowest BCUT2D eigenvalue weighted by molar-refractivity contribution is -0.127. The Morgan fingerprint density at radius 2 is 2.29 bits per heavy atom. The summed E-state index contributed by atoms with van der Waals surface area (Å²) in [5.41, 5.74) is 0.392. The van der Waals surface area contributed by atoms with Crippen LogP contribution >= 0.6 is 24.0 Å². The molecule has 0 bridgehead atoms. The van der Waals surface area contributed by atoms with Crippen molar-refractivity contribution in [2.75, 3.05) is 13.7 Å². The number of rotatable bonds is 5. The molecule has 6 heteroatoms. The molecule has 1 aromatic rings. The maximum atomic E-state index is 12.4. The summed E-state index contributed by atoms with van der Waals surface area (Å²) >= 11 is 6.17. The molecule has 1 atom stereocenters. The Hall–Kier alpha value is -0.970. The lowest BCUT2D eigenvalue weighted by Crippen LogP contribution is -2.52. The smallest absolute Gasteiger partial charge is 0.240 e. The topological polar surface area (TPSA) is 50.4 Å². The van der Waals surface area contributed by atoms with Crippen molar-refractivity contribution in [1.29, 1.82) is 0 Å². The first kappa shape index (κ1) is 18.1. The highest BCUT2D eigenvalue weighted by Gasteiger charge is 2.38. The van der Waals surface area contributed by atoms with Gasteiger partial charge < -0.3 is 15.4 Å². The maximum absolute atomic E-state index is 12.4. The molecule has 2 N–H and O–H groups in total. The number of hydrogen-bond donors (Lipinski definition) is 2. The van der Waals surface area contributed by atoms with Gasteiger partial charge in [-0.25, -0.2) is 0 Å². The van der Waals surface area contributed by atoms with Gasteiger partial charge in [-0.3, -0.25) is 4.79 Å². The van der Waals surface area contributed by atoms with E-state index >= 15 is 0 Å². The van der Waals surface area contributed by atoms with Crippen LogP contribution in [-0.2, 0) is 11.3 Å². The molecular weight excluding hydrogens is 311 g/mol. The van der Waals surface area contributed by atoms with Crippen LogP contribution in [-0.4, -0.2) is 25.1 Å². The number of ether oxygens (including phenoxy) is 1. The molecule has 1 saturated heterocycles. The second-order valence-electron chi connectivity index (χ2n) is 5.07. The second-order valence-corrected chi connectivity index (χ2v) is 5.48. The summed E-state index contributed by atoms with van der Waals surface area (Å²) in [6.45, 7) is 3.32. The van der Waals surface area contributed by atoms with Gasteiger partial charge in [0.1, 0.15) is 5.75 Å². The van der Waals surface area contributed by atoms with Crippen LogP contribution in [0.5, 0.6) is 5.75 Å². The van der Waals surface area contributed by atoms with E-state index in [0.717, 1.165) is 31.4 Å².